The number of ether oxygens (including phenoxy) is 1. The maximum Gasteiger partial charge on any atom is 0.137 e. The van der Waals surface area contributed by atoms with E-state index in [0.29, 0.717) is 5.02 Å². The van der Waals surface area contributed by atoms with Gasteiger partial charge in [0.05, 0.1) is 29.1 Å². The number of benzene rings is 1. The van der Waals surface area contributed by atoms with Gasteiger partial charge in [-0.1, -0.05) is 17.7 Å². The van der Waals surface area contributed by atoms with E-state index in [1.165, 1.54) is 5.56 Å². The number of morpholine rings is 1. The van der Waals surface area contributed by atoms with Crippen LogP contribution in [-0.4, -0.2) is 47.1 Å². The molecule has 0 spiro atoms. The molecule has 0 radical (unpaired) electrons. The molecule has 0 aliphatic carbocycles. The SMILES string of the molecule is Cc1ccn2c(CC3CN(C)CCO3)c(-c3ccc(SCl)cc3Cl)nc2c1. The molecule has 1 aliphatic heterocycles. The van der Waals surface area contributed by atoms with E-state index >= 15 is 0 Å². The second kappa shape index (κ2) is 8.02. The Morgan fingerprint density at radius 2 is 2.15 bits per heavy atom. The van der Waals surface area contributed by atoms with Crippen molar-refractivity contribution in [2.75, 3.05) is 26.7 Å². The predicted octanol–water partition coefficient (Wildman–Crippen LogP) is 5.08. The normalized spacial score (nSPS) is 18.3. The molecular formula is C20H21Cl2N3OS. The van der Waals surface area contributed by atoms with E-state index < -0.39 is 0 Å². The molecule has 1 aliphatic rings. The van der Waals surface area contributed by atoms with Crippen LogP contribution < -0.4 is 0 Å². The van der Waals surface area contributed by atoms with Crippen LogP contribution in [0.15, 0.2) is 41.4 Å². The number of pyridine rings is 1. The Morgan fingerprint density at radius 1 is 1.30 bits per heavy atom. The Bertz CT molecular complexity index is 975. The summed E-state index contributed by atoms with van der Waals surface area (Å²) in [5, 5.41) is 0.656. The maximum atomic E-state index is 6.58. The van der Waals surface area contributed by atoms with Gasteiger partial charge in [-0.15, -0.1) is 0 Å². The lowest BCUT2D eigenvalue weighted by Crippen LogP contribution is -2.41. The highest BCUT2D eigenvalue weighted by molar-refractivity contribution is 8.21. The topological polar surface area (TPSA) is 29.8 Å². The van der Waals surface area contributed by atoms with Gasteiger partial charge in [-0.3, -0.25) is 0 Å². The third kappa shape index (κ3) is 3.98. The number of aromatic nitrogens is 2. The van der Waals surface area contributed by atoms with E-state index in [1.54, 1.807) is 0 Å². The van der Waals surface area contributed by atoms with Gasteiger partial charge in [-0.25, -0.2) is 4.98 Å². The second-order valence-electron chi connectivity index (χ2n) is 7.02. The molecular weight excluding hydrogens is 401 g/mol. The molecule has 142 valence electrons. The summed E-state index contributed by atoms with van der Waals surface area (Å²) in [5.41, 5.74) is 5.06. The molecule has 1 saturated heterocycles. The minimum atomic E-state index is 0.139. The first kappa shape index (κ1) is 19.1. The van der Waals surface area contributed by atoms with Crippen LogP contribution in [0, 0.1) is 6.92 Å². The van der Waals surface area contributed by atoms with Crippen LogP contribution >= 0.6 is 33.3 Å². The summed E-state index contributed by atoms with van der Waals surface area (Å²) < 4.78 is 8.17. The third-order valence-electron chi connectivity index (χ3n) is 4.93. The van der Waals surface area contributed by atoms with Crippen LogP contribution in [0.4, 0.5) is 0 Å². The van der Waals surface area contributed by atoms with E-state index in [2.05, 4.69) is 41.6 Å². The van der Waals surface area contributed by atoms with Gasteiger partial charge in [0.15, 0.2) is 0 Å². The molecule has 1 aromatic carbocycles. The number of imidazole rings is 1. The van der Waals surface area contributed by atoms with Crippen molar-refractivity contribution in [2.45, 2.75) is 24.3 Å². The molecule has 7 heteroatoms. The summed E-state index contributed by atoms with van der Waals surface area (Å²) in [4.78, 5) is 8.14. The lowest BCUT2D eigenvalue weighted by Gasteiger charge is -2.30. The minimum absolute atomic E-state index is 0.139. The molecule has 4 nitrogen and oxygen atoms in total. The fourth-order valence-electron chi connectivity index (χ4n) is 3.55. The van der Waals surface area contributed by atoms with E-state index in [9.17, 15) is 0 Å². The van der Waals surface area contributed by atoms with Crippen molar-refractivity contribution in [2.24, 2.45) is 0 Å². The fraction of sp³-hybridized carbons (Fsp3) is 0.350. The van der Waals surface area contributed by atoms with E-state index in [4.69, 9.17) is 32.0 Å². The van der Waals surface area contributed by atoms with Crippen LogP contribution in [0.3, 0.4) is 0 Å². The molecule has 3 aromatic rings. The Morgan fingerprint density at radius 3 is 2.89 bits per heavy atom. The average molecular weight is 422 g/mol. The van der Waals surface area contributed by atoms with Gasteiger partial charge >= 0.3 is 0 Å². The van der Waals surface area contributed by atoms with Crippen molar-refractivity contribution in [1.82, 2.24) is 14.3 Å². The zero-order valence-electron chi connectivity index (χ0n) is 15.3. The molecule has 3 heterocycles. The molecule has 4 rings (SSSR count). The summed E-state index contributed by atoms with van der Waals surface area (Å²) in [7, 11) is 9.17. The predicted molar refractivity (Wildman–Crippen MR) is 113 cm³/mol. The standard InChI is InChI=1S/C20H21Cl2N3OS/c1-13-5-6-25-18(10-14-12-24(2)7-8-26-14)20(23-19(25)9-13)16-4-3-15(27-22)11-17(16)21/h3-6,9,11,14H,7-8,10,12H2,1-2H3. The van der Waals surface area contributed by atoms with Crippen LogP contribution in [-0.2, 0) is 11.2 Å². The monoisotopic (exact) mass is 421 g/mol. The first-order valence-corrected chi connectivity index (χ1v) is 10.9. The number of nitrogens with zero attached hydrogens (tertiary/aromatic N) is 3. The molecule has 1 unspecified atom stereocenters. The number of aryl methyl sites for hydroxylation is 1. The van der Waals surface area contributed by atoms with Crippen LogP contribution in [0.25, 0.3) is 16.9 Å². The minimum Gasteiger partial charge on any atom is -0.375 e. The Hall–Kier alpha value is -1.24. The maximum absolute atomic E-state index is 6.58. The Balaban J connectivity index is 1.81. The Labute approximate surface area is 172 Å². The van der Waals surface area contributed by atoms with Crippen molar-refractivity contribution in [3.05, 3.63) is 52.8 Å². The van der Waals surface area contributed by atoms with Crippen molar-refractivity contribution in [3.63, 3.8) is 0 Å². The van der Waals surface area contributed by atoms with Gasteiger partial charge in [-0.05, 0) is 65.5 Å². The third-order valence-corrected chi connectivity index (χ3v) is 6.21. The molecule has 0 saturated carbocycles. The van der Waals surface area contributed by atoms with Crippen molar-refractivity contribution < 1.29 is 4.74 Å². The highest BCUT2D eigenvalue weighted by Gasteiger charge is 2.24. The quantitative estimate of drug-likeness (QED) is 0.587. The largest absolute Gasteiger partial charge is 0.375 e. The number of fused-ring (bicyclic) bond motifs is 1. The molecule has 27 heavy (non-hydrogen) atoms. The molecule has 2 aromatic heterocycles. The Kier molecular flexibility index (Phi) is 5.67. The molecule has 0 N–H and O–H groups in total. The molecule has 0 amide bonds. The second-order valence-corrected chi connectivity index (χ2v) is 8.51. The zero-order valence-corrected chi connectivity index (χ0v) is 17.6. The fourth-order valence-corrected chi connectivity index (χ4v) is 4.45. The van der Waals surface area contributed by atoms with Crippen molar-refractivity contribution in [1.29, 1.82) is 0 Å². The lowest BCUT2D eigenvalue weighted by atomic mass is 10.1. The number of rotatable bonds is 4. The van der Waals surface area contributed by atoms with Gasteiger partial charge < -0.3 is 14.0 Å². The average Bonchev–Trinajstić information content (AvgIpc) is 2.98. The van der Waals surface area contributed by atoms with Gasteiger partial charge in [0.1, 0.15) is 5.65 Å². The van der Waals surface area contributed by atoms with E-state index in [1.807, 2.05) is 18.2 Å². The lowest BCUT2D eigenvalue weighted by molar-refractivity contribution is -0.0190. The van der Waals surface area contributed by atoms with Gasteiger partial charge in [0.25, 0.3) is 0 Å². The molecule has 1 atom stereocenters. The van der Waals surface area contributed by atoms with Gasteiger partial charge in [0, 0.05) is 36.2 Å². The first-order valence-electron chi connectivity index (χ1n) is 8.91. The highest BCUT2D eigenvalue weighted by atomic mass is 35.7. The van der Waals surface area contributed by atoms with Gasteiger partial charge in [0.2, 0.25) is 0 Å². The summed E-state index contributed by atoms with van der Waals surface area (Å²) in [6.07, 6.45) is 3.01. The summed E-state index contributed by atoms with van der Waals surface area (Å²) >= 11 is 6.58. The number of hydrogen-bond acceptors (Lipinski definition) is 4. The van der Waals surface area contributed by atoms with Crippen LogP contribution in [0.5, 0.6) is 0 Å². The molecule has 1 fully saturated rings. The van der Waals surface area contributed by atoms with E-state index in [0.717, 1.165) is 64.6 Å². The van der Waals surface area contributed by atoms with Gasteiger partial charge in [-0.2, -0.15) is 0 Å². The smallest absolute Gasteiger partial charge is 0.137 e. The van der Waals surface area contributed by atoms with Crippen molar-refractivity contribution >= 4 is 38.9 Å². The van der Waals surface area contributed by atoms with Crippen molar-refractivity contribution in [3.8, 4) is 11.3 Å². The number of halogens is 2. The number of likely N-dealkylation sites (N-methyl/N-ethyl adjacent to an activating group) is 1. The van der Waals surface area contributed by atoms with E-state index in [-0.39, 0.29) is 6.10 Å². The van der Waals surface area contributed by atoms with Crippen LogP contribution in [0.2, 0.25) is 5.02 Å². The number of hydrogen-bond donors (Lipinski definition) is 0. The summed E-state index contributed by atoms with van der Waals surface area (Å²) in [6.45, 7) is 4.72. The zero-order chi connectivity index (χ0) is 19.0. The summed E-state index contributed by atoms with van der Waals surface area (Å²) in [5.74, 6) is 0. The summed E-state index contributed by atoms with van der Waals surface area (Å²) in [6, 6.07) is 10.1. The van der Waals surface area contributed by atoms with Crippen LogP contribution in [0.1, 0.15) is 11.3 Å². The first-order chi connectivity index (χ1) is 13.0. The molecule has 0 bridgehead atoms. The highest BCUT2D eigenvalue weighted by Crippen LogP contribution is 2.35.